The van der Waals surface area contributed by atoms with Crippen molar-refractivity contribution in [1.82, 2.24) is 10.1 Å². The molecule has 1 heterocycles. The molecule has 0 spiro atoms. The second kappa shape index (κ2) is 4.55. The third-order valence-electron chi connectivity index (χ3n) is 6.28. The van der Waals surface area contributed by atoms with Crippen LogP contribution in [-0.4, -0.2) is 16.2 Å². The van der Waals surface area contributed by atoms with Gasteiger partial charge in [-0.2, -0.15) is 4.98 Å². The number of hydrogen-bond donors (Lipinski definition) is 1. The van der Waals surface area contributed by atoms with Crippen LogP contribution in [0, 0.1) is 11.8 Å². The molecule has 0 aliphatic heterocycles. The highest BCUT2D eigenvalue weighted by Gasteiger charge is 2.45. The van der Waals surface area contributed by atoms with E-state index in [0.29, 0.717) is 5.92 Å². The van der Waals surface area contributed by atoms with Crippen LogP contribution in [0.3, 0.4) is 0 Å². The van der Waals surface area contributed by atoms with Crippen LogP contribution < -0.4 is 5.73 Å². The van der Waals surface area contributed by atoms with Gasteiger partial charge in [0.15, 0.2) is 5.82 Å². The first kappa shape index (κ1) is 12.8. The molecule has 3 aliphatic carbocycles. The Hall–Kier alpha value is -0.900. The van der Waals surface area contributed by atoms with Crippen molar-refractivity contribution < 1.29 is 4.52 Å². The van der Waals surface area contributed by atoms with Gasteiger partial charge in [-0.25, -0.2) is 0 Å². The van der Waals surface area contributed by atoms with Crippen molar-refractivity contribution in [3.05, 3.63) is 11.7 Å². The van der Waals surface area contributed by atoms with Crippen molar-refractivity contribution in [2.24, 2.45) is 17.6 Å². The lowest BCUT2D eigenvalue weighted by Gasteiger charge is -2.36. The van der Waals surface area contributed by atoms with Crippen LogP contribution in [0.5, 0.6) is 0 Å². The Morgan fingerprint density at radius 1 is 1.20 bits per heavy atom. The van der Waals surface area contributed by atoms with Crippen LogP contribution in [-0.2, 0) is 5.41 Å². The number of nitrogens with two attached hydrogens (primary N) is 1. The van der Waals surface area contributed by atoms with Gasteiger partial charge in [0.25, 0.3) is 0 Å². The normalized spacial score (nSPS) is 44.1. The lowest BCUT2D eigenvalue weighted by molar-refractivity contribution is 0.202. The molecule has 20 heavy (non-hydrogen) atoms. The lowest BCUT2D eigenvalue weighted by atomic mass is 9.72. The first-order valence-corrected chi connectivity index (χ1v) is 8.26. The van der Waals surface area contributed by atoms with Crippen LogP contribution in [0.2, 0.25) is 0 Å². The summed E-state index contributed by atoms with van der Waals surface area (Å²) < 4.78 is 5.66. The van der Waals surface area contributed by atoms with E-state index in [1.165, 1.54) is 38.5 Å². The third-order valence-corrected chi connectivity index (χ3v) is 6.28. The summed E-state index contributed by atoms with van der Waals surface area (Å²) in [5.41, 5.74) is 6.23. The Balaban J connectivity index is 1.58. The molecule has 0 aromatic carbocycles. The predicted molar refractivity (Wildman–Crippen MR) is 76.3 cm³/mol. The highest BCUT2D eigenvalue weighted by molar-refractivity contribution is 5.13. The lowest BCUT2D eigenvalue weighted by Crippen LogP contribution is -2.45. The summed E-state index contributed by atoms with van der Waals surface area (Å²) in [6, 6.07) is 0.157. The maximum atomic E-state index is 6.34. The SMILES string of the molecule is CC1(c2nc(C3CC4CCC3C4)no2)CCCCC1N. The van der Waals surface area contributed by atoms with E-state index in [2.05, 4.69) is 12.1 Å². The van der Waals surface area contributed by atoms with E-state index in [4.69, 9.17) is 15.2 Å². The molecule has 0 radical (unpaired) electrons. The average molecular weight is 275 g/mol. The molecule has 0 amide bonds. The van der Waals surface area contributed by atoms with Gasteiger partial charge in [0.2, 0.25) is 5.89 Å². The maximum Gasteiger partial charge on any atom is 0.234 e. The van der Waals surface area contributed by atoms with E-state index in [0.717, 1.165) is 36.4 Å². The number of rotatable bonds is 2. The Morgan fingerprint density at radius 2 is 2.10 bits per heavy atom. The van der Waals surface area contributed by atoms with Crippen molar-refractivity contribution in [2.75, 3.05) is 0 Å². The summed E-state index contributed by atoms with van der Waals surface area (Å²) in [4.78, 5) is 4.80. The zero-order valence-corrected chi connectivity index (χ0v) is 12.3. The molecule has 2 bridgehead atoms. The summed E-state index contributed by atoms with van der Waals surface area (Å²) in [5, 5.41) is 4.33. The largest absolute Gasteiger partial charge is 0.339 e. The zero-order valence-electron chi connectivity index (χ0n) is 12.3. The Bertz CT molecular complexity index is 500. The number of nitrogens with zero attached hydrogens (tertiary/aromatic N) is 2. The van der Waals surface area contributed by atoms with Crippen LogP contribution in [0.25, 0.3) is 0 Å². The van der Waals surface area contributed by atoms with Crippen molar-refractivity contribution in [3.63, 3.8) is 0 Å². The summed E-state index contributed by atoms with van der Waals surface area (Å²) in [7, 11) is 0. The molecule has 4 nitrogen and oxygen atoms in total. The number of hydrogen-bond acceptors (Lipinski definition) is 4. The molecule has 0 saturated heterocycles. The van der Waals surface area contributed by atoms with Gasteiger partial charge in [0.1, 0.15) is 0 Å². The van der Waals surface area contributed by atoms with Gasteiger partial charge in [-0.3, -0.25) is 0 Å². The highest BCUT2D eigenvalue weighted by Crippen LogP contribution is 2.52. The fourth-order valence-electron chi connectivity index (χ4n) is 4.80. The second-order valence-corrected chi connectivity index (χ2v) is 7.51. The fourth-order valence-corrected chi connectivity index (χ4v) is 4.80. The van der Waals surface area contributed by atoms with Gasteiger partial charge >= 0.3 is 0 Å². The van der Waals surface area contributed by atoms with Crippen LogP contribution in [0.15, 0.2) is 4.52 Å². The van der Waals surface area contributed by atoms with Crippen LogP contribution in [0.1, 0.15) is 75.9 Å². The number of fused-ring (bicyclic) bond motifs is 2. The monoisotopic (exact) mass is 275 g/mol. The summed E-state index contributed by atoms with van der Waals surface area (Å²) in [5.74, 6) is 4.03. The van der Waals surface area contributed by atoms with E-state index in [-0.39, 0.29) is 11.5 Å². The van der Waals surface area contributed by atoms with Gasteiger partial charge in [-0.15, -0.1) is 0 Å². The Morgan fingerprint density at radius 3 is 2.80 bits per heavy atom. The Kier molecular flexibility index (Phi) is 2.92. The smallest absolute Gasteiger partial charge is 0.234 e. The van der Waals surface area contributed by atoms with Gasteiger partial charge in [-0.1, -0.05) is 24.4 Å². The van der Waals surface area contributed by atoms with E-state index < -0.39 is 0 Å². The van der Waals surface area contributed by atoms with Crippen molar-refractivity contribution in [1.29, 1.82) is 0 Å². The molecule has 2 N–H and O–H groups in total. The van der Waals surface area contributed by atoms with Crippen molar-refractivity contribution in [2.45, 2.75) is 75.7 Å². The molecule has 110 valence electrons. The molecule has 4 rings (SSSR count). The molecule has 5 atom stereocenters. The fraction of sp³-hybridized carbons (Fsp3) is 0.875. The molecule has 5 unspecified atom stereocenters. The molecule has 1 aromatic rings. The first-order chi connectivity index (χ1) is 9.67. The molecule has 3 fully saturated rings. The quantitative estimate of drug-likeness (QED) is 0.900. The van der Waals surface area contributed by atoms with Gasteiger partial charge in [-0.05, 0) is 50.9 Å². The average Bonchev–Trinajstić information content (AvgIpc) is 3.17. The van der Waals surface area contributed by atoms with Gasteiger partial charge < -0.3 is 10.3 Å². The first-order valence-electron chi connectivity index (χ1n) is 8.26. The summed E-state index contributed by atoms with van der Waals surface area (Å²) >= 11 is 0. The predicted octanol–water partition coefficient (Wildman–Crippen LogP) is 3.13. The number of aromatic nitrogens is 2. The van der Waals surface area contributed by atoms with Gasteiger partial charge in [0, 0.05) is 12.0 Å². The van der Waals surface area contributed by atoms with Crippen molar-refractivity contribution in [3.8, 4) is 0 Å². The standard InChI is InChI=1S/C16H25N3O/c1-16(7-3-2-4-13(16)17)15-18-14(19-20-15)12-9-10-5-6-11(12)8-10/h10-13H,2-9,17H2,1H3. The third kappa shape index (κ3) is 1.84. The maximum absolute atomic E-state index is 6.34. The minimum absolute atomic E-state index is 0.110. The van der Waals surface area contributed by atoms with Gasteiger partial charge in [0.05, 0.1) is 5.41 Å². The molecule has 4 heteroatoms. The topological polar surface area (TPSA) is 64.9 Å². The molecular formula is C16H25N3O. The van der Waals surface area contributed by atoms with E-state index in [1.54, 1.807) is 0 Å². The summed E-state index contributed by atoms with van der Waals surface area (Å²) in [6.45, 7) is 2.20. The van der Waals surface area contributed by atoms with E-state index in [1.807, 2.05) is 0 Å². The van der Waals surface area contributed by atoms with Crippen LogP contribution in [0.4, 0.5) is 0 Å². The van der Waals surface area contributed by atoms with E-state index in [9.17, 15) is 0 Å². The molecular weight excluding hydrogens is 250 g/mol. The van der Waals surface area contributed by atoms with E-state index >= 15 is 0 Å². The van der Waals surface area contributed by atoms with Crippen molar-refractivity contribution >= 4 is 0 Å². The second-order valence-electron chi connectivity index (χ2n) is 7.51. The van der Waals surface area contributed by atoms with Crippen LogP contribution >= 0.6 is 0 Å². The minimum Gasteiger partial charge on any atom is -0.339 e. The summed E-state index contributed by atoms with van der Waals surface area (Å²) in [6.07, 6.45) is 10.0. The Labute approximate surface area is 120 Å². The molecule has 1 aromatic heterocycles. The molecule has 3 saturated carbocycles. The minimum atomic E-state index is -0.110. The zero-order chi connectivity index (χ0) is 13.7. The highest BCUT2D eigenvalue weighted by atomic mass is 16.5. The molecule has 3 aliphatic rings.